The number of aliphatic hydroxyl groups excluding tert-OH is 1. The van der Waals surface area contributed by atoms with Gasteiger partial charge >= 0.3 is 0 Å². The number of aliphatic hydroxyl groups is 1. The number of sulfonamides is 1. The SMILES string of the molecule is CCCCCCCN(CC)CC(O)c1ccc(NS(C)(=O)=O)c(Cl)c1. The lowest BCUT2D eigenvalue weighted by molar-refractivity contribution is 0.115. The summed E-state index contributed by atoms with van der Waals surface area (Å²) in [6.07, 6.45) is 6.56. The standard InChI is InChI=1S/C18H31ClN2O3S/c1-4-6-7-8-9-12-21(5-2)14-18(22)15-10-11-17(16(19)13-15)20-25(3,23)24/h10-11,13,18,20,22H,4-9,12,14H2,1-3H3. The van der Waals surface area contributed by atoms with E-state index in [0.717, 1.165) is 25.8 Å². The smallest absolute Gasteiger partial charge is 0.229 e. The number of benzene rings is 1. The number of anilines is 1. The Morgan fingerprint density at radius 1 is 1.20 bits per heavy atom. The number of nitrogens with zero attached hydrogens (tertiary/aromatic N) is 1. The van der Waals surface area contributed by atoms with Crippen LogP contribution in [0.1, 0.15) is 57.6 Å². The number of unbranched alkanes of at least 4 members (excludes halogenated alkanes) is 4. The fourth-order valence-corrected chi connectivity index (χ4v) is 3.56. The fourth-order valence-electron chi connectivity index (χ4n) is 2.69. The molecule has 0 aromatic heterocycles. The van der Waals surface area contributed by atoms with Crippen molar-refractivity contribution in [1.82, 2.24) is 4.90 Å². The van der Waals surface area contributed by atoms with Crippen molar-refractivity contribution in [3.05, 3.63) is 28.8 Å². The summed E-state index contributed by atoms with van der Waals surface area (Å²) in [5.74, 6) is 0. The quantitative estimate of drug-likeness (QED) is 0.528. The molecule has 0 amide bonds. The van der Waals surface area contributed by atoms with Crippen LogP contribution in [0.25, 0.3) is 0 Å². The molecule has 25 heavy (non-hydrogen) atoms. The van der Waals surface area contributed by atoms with Crippen LogP contribution in [0.15, 0.2) is 18.2 Å². The molecule has 1 unspecified atom stereocenters. The lowest BCUT2D eigenvalue weighted by Gasteiger charge is -2.24. The molecular formula is C18H31ClN2O3S. The van der Waals surface area contributed by atoms with Gasteiger partial charge in [0.25, 0.3) is 0 Å². The van der Waals surface area contributed by atoms with Crippen LogP contribution < -0.4 is 4.72 Å². The first kappa shape index (κ1) is 22.2. The van der Waals surface area contributed by atoms with Crippen molar-refractivity contribution in [2.24, 2.45) is 0 Å². The molecule has 0 aliphatic rings. The summed E-state index contributed by atoms with van der Waals surface area (Å²) in [7, 11) is -3.38. The largest absolute Gasteiger partial charge is 0.387 e. The number of hydrogen-bond acceptors (Lipinski definition) is 4. The highest BCUT2D eigenvalue weighted by atomic mass is 35.5. The molecule has 0 aliphatic carbocycles. The van der Waals surface area contributed by atoms with Crippen LogP contribution in [0.5, 0.6) is 0 Å². The summed E-state index contributed by atoms with van der Waals surface area (Å²) in [5, 5.41) is 10.8. The highest BCUT2D eigenvalue weighted by Crippen LogP contribution is 2.27. The van der Waals surface area contributed by atoms with Crippen molar-refractivity contribution in [1.29, 1.82) is 0 Å². The molecule has 1 aromatic carbocycles. The van der Waals surface area contributed by atoms with Gasteiger partial charge in [-0.2, -0.15) is 0 Å². The number of hydrogen-bond donors (Lipinski definition) is 2. The van der Waals surface area contributed by atoms with Crippen LogP contribution in [0.2, 0.25) is 5.02 Å². The Hall–Kier alpha value is -0.820. The molecule has 1 rings (SSSR count). The van der Waals surface area contributed by atoms with E-state index in [1.165, 1.54) is 25.7 Å². The van der Waals surface area contributed by atoms with E-state index in [9.17, 15) is 13.5 Å². The molecular weight excluding hydrogens is 360 g/mol. The summed E-state index contributed by atoms with van der Waals surface area (Å²) < 4.78 is 25.0. The molecule has 1 aromatic rings. The van der Waals surface area contributed by atoms with Gasteiger partial charge in [-0.3, -0.25) is 4.72 Å². The van der Waals surface area contributed by atoms with Crippen molar-refractivity contribution in [3.8, 4) is 0 Å². The Bertz CT molecular complexity index is 623. The minimum Gasteiger partial charge on any atom is -0.387 e. The zero-order chi connectivity index (χ0) is 18.9. The minimum atomic E-state index is -3.38. The van der Waals surface area contributed by atoms with E-state index in [0.29, 0.717) is 17.8 Å². The fraction of sp³-hybridized carbons (Fsp3) is 0.667. The van der Waals surface area contributed by atoms with Gasteiger partial charge in [-0.25, -0.2) is 8.42 Å². The molecule has 0 saturated carbocycles. The number of rotatable bonds is 12. The normalized spacial score (nSPS) is 13.2. The summed E-state index contributed by atoms with van der Waals surface area (Å²) >= 11 is 6.13. The van der Waals surface area contributed by atoms with Crippen LogP contribution in [-0.2, 0) is 10.0 Å². The Morgan fingerprint density at radius 3 is 2.44 bits per heavy atom. The van der Waals surface area contributed by atoms with Gasteiger partial charge in [0.1, 0.15) is 0 Å². The first-order valence-electron chi connectivity index (χ1n) is 8.94. The van der Waals surface area contributed by atoms with E-state index in [-0.39, 0.29) is 5.02 Å². The monoisotopic (exact) mass is 390 g/mol. The van der Waals surface area contributed by atoms with E-state index in [2.05, 4.69) is 23.5 Å². The lowest BCUT2D eigenvalue weighted by atomic mass is 10.1. The third kappa shape index (κ3) is 8.90. The second-order valence-corrected chi connectivity index (χ2v) is 8.59. The highest BCUT2D eigenvalue weighted by Gasteiger charge is 2.15. The van der Waals surface area contributed by atoms with Gasteiger partial charge < -0.3 is 10.0 Å². The van der Waals surface area contributed by atoms with Crippen molar-refractivity contribution < 1.29 is 13.5 Å². The zero-order valence-electron chi connectivity index (χ0n) is 15.5. The molecule has 144 valence electrons. The third-order valence-electron chi connectivity index (χ3n) is 4.13. The van der Waals surface area contributed by atoms with Crippen LogP contribution in [0.4, 0.5) is 5.69 Å². The van der Waals surface area contributed by atoms with Crippen molar-refractivity contribution in [2.45, 2.75) is 52.1 Å². The predicted molar refractivity (Wildman–Crippen MR) is 106 cm³/mol. The topological polar surface area (TPSA) is 69.6 Å². The van der Waals surface area contributed by atoms with Gasteiger partial charge in [-0.05, 0) is 37.2 Å². The van der Waals surface area contributed by atoms with Gasteiger partial charge in [0, 0.05) is 6.54 Å². The van der Waals surface area contributed by atoms with Crippen LogP contribution in [-0.4, -0.2) is 44.3 Å². The molecule has 0 radical (unpaired) electrons. The van der Waals surface area contributed by atoms with Crippen molar-refractivity contribution in [2.75, 3.05) is 30.6 Å². The van der Waals surface area contributed by atoms with Gasteiger partial charge in [-0.1, -0.05) is 57.2 Å². The second-order valence-electron chi connectivity index (χ2n) is 6.44. The Labute approximate surface area is 157 Å². The molecule has 0 saturated heterocycles. The third-order valence-corrected chi connectivity index (χ3v) is 5.03. The van der Waals surface area contributed by atoms with Gasteiger partial charge in [0.2, 0.25) is 10.0 Å². The van der Waals surface area contributed by atoms with E-state index >= 15 is 0 Å². The van der Waals surface area contributed by atoms with E-state index < -0.39 is 16.1 Å². The van der Waals surface area contributed by atoms with E-state index in [1.54, 1.807) is 18.2 Å². The van der Waals surface area contributed by atoms with Crippen LogP contribution >= 0.6 is 11.6 Å². The molecule has 7 heteroatoms. The van der Waals surface area contributed by atoms with Gasteiger partial charge in [0.15, 0.2) is 0 Å². The lowest BCUT2D eigenvalue weighted by Crippen LogP contribution is -2.29. The zero-order valence-corrected chi connectivity index (χ0v) is 17.0. The molecule has 0 spiro atoms. The van der Waals surface area contributed by atoms with Crippen LogP contribution in [0, 0.1) is 0 Å². The molecule has 1 atom stereocenters. The molecule has 5 nitrogen and oxygen atoms in total. The van der Waals surface area contributed by atoms with Gasteiger partial charge in [0.05, 0.1) is 23.1 Å². The van der Waals surface area contributed by atoms with Crippen molar-refractivity contribution >= 4 is 27.3 Å². The summed E-state index contributed by atoms with van der Waals surface area (Å²) in [6.45, 7) is 6.69. The summed E-state index contributed by atoms with van der Waals surface area (Å²) in [5.41, 5.74) is 1.01. The first-order valence-corrected chi connectivity index (χ1v) is 11.2. The summed E-state index contributed by atoms with van der Waals surface area (Å²) in [6, 6.07) is 4.91. The number of nitrogens with one attached hydrogen (secondary N) is 1. The molecule has 0 heterocycles. The Balaban J connectivity index is 2.60. The van der Waals surface area contributed by atoms with Crippen molar-refractivity contribution in [3.63, 3.8) is 0 Å². The highest BCUT2D eigenvalue weighted by molar-refractivity contribution is 7.92. The second kappa shape index (κ2) is 11.0. The Kier molecular flexibility index (Phi) is 9.79. The van der Waals surface area contributed by atoms with E-state index in [4.69, 9.17) is 11.6 Å². The minimum absolute atomic E-state index is 0.282. The maximum Gasteiger partial charge on any atom is 0.229 e. The Morgan fingerprint density at radius 2 is 1.88 bits per heavy atom. The van der Waals surface area contributed by atoms with Gasteiger partial charge in [-0.15, -0.1) is 0 Å². The average Bonchev–Trinajstić information content (AvgIpc) is 2.54. The van der Waals surface area contributed by atoms with Crippen LogP contribution in [0.3, 0.4) is 0 Å². The molecule has 0 aliphatic heterocycles. The van der Waals surface area contributed by atoms with E-state index in [1.807, 2.05) is 0 Å². The molecule has 0 bridgehead atoms. The maximum absolute atomic E-state index is 11.3. The predicted octanol–water partition coefficient (Wildman–Crippen LogP) is 4.04. The number of halogens is 1. The molecule has 0 fully saturated rings. The average molecular weight is 391 g/mol. The number of likely N-dealkylation sites (N-methyl/N-ethyl adjacent to an activating group) is 1. The maximum atomic E-state index is 11.3. The summed E-state index contributed by atoms with van der Waals surface area (Å²) in [4.78, 5) is 2.23. The first-order chi connectivity index (χ1) is 11.8. The molecule has 2 N–H and O–H groups in total.